The van der Waals surface area contributed by atoms with Crippen molar-refractivity contribution in [1.82, 2.24) is 0 Å². The molecule has 0 spiro atoms. The Morgan fingerprint density at radius 1 is 1.07 bits per heavy atom. The van der Waals surface area contributed by atoms with Gasteiger partial charge < -0.3 is 4.43 Å². The van der Waals surface area contributed by atoms with E-state index in [1.807, 2.05) is 5.57 Å². The Hall–Kier alpha value is -0.0831. The molecule has 1 nitrogen and oxygen atoms in total. The molecule has 0 aromatic carbocycles. The molecule has 0 saturated heterocycles. The van der Waals surface area contributed by atoms with Gasteiger partial charge >= 0.3 is 0 Å². The van der Waals surface area contributed by atoms with E-state index in [1.165, 1.54) is 57.8 Å². The summed E-state index contributed by atoms with van der Waals surface area (Å²) in [7, 11) is -1.65. The topological polar surface area (TPSA) is 9.23 Å². The van der Waals surface area contributed by atoms with Crippen LogP contribution in [-0.2, 0) is 4.43 Å². The first-order chi connectivity index (χ1) is 13.1. The molecule has 7 atom stereocenters. The minimum Gasteiger partial charge on any atom is -0.416 e. The molecule has 4 saturated carbocycles. The molecule has 0 heterocycles. The average molecular weight is 401 g/mol. The summed E-state index contributed by atoms with van der Waals surface area (Å²) in [5.74, 6) is 5.00. The van der Waals surface area contributed by atoms with Crippen molar-refractivity contribution in [3.05, 3.63) is 11.6 Å². The van der Waals surface area contributed by atoms with Crippen LogP contribution in [0.2, 0.25) is 18.1 Å². The molecular formula is C26H44OSi. The summed E-state index contributed by atoms with van der Waals surface area (Å²) in [4.78, 5) is 0. The van der Waals surface area contributed by atoms with Crippen molar-refractivity contribution in [2.75, 3.05) is 6.61 Å². The summed E-state index contributed by atoms with van der Waals surface area (Å²) >= 11 is 0. The molecule has 5 rings (SSSR count). The number of allylic oxidation sites excluding steroid dienone is 2. The molecular weight excluding hydrogens is 356 g/mol. The van der Waals surface area contributed by atoms with Crippen molar-refractivity contribution >= 4 is 8.32 Å². The quantitative estimate of drug-likeness (QED) is 0.350. The second-order valence-electron chi connectivity index (χ2n) is 13.1. The van der Waals surface area contributed by atoms with Crippen LogP contribution in [0, 0.1) is 40.4 Å². The molecule has 0 aromatic rings. The standard InChI is InChI=1S/C26H44OSi/c1-24(2,3)28(5,6)27-17-26-14-7-8-22(26)20-12-11-19-10-9-18-16-23(18)25(19,4)21(20)13-15-26/h10,18,20-23H,7-9,11-17H2,1-6H3/t18-,20-,21+,22+,23+,25+,26+/m1/s1. The maximum Gasteiger partial charge on any atom is 0.192 e. The third kappa shape index (κ3) is 2.72. The number of rotatable bonds is 3. The van der Waals surface area contributed by atoms with Crippen molar-refractivity contribution in [3.63, 3.8) is 0 Å². The van der Waals surface area contributed by atoms with Crippen LogP contribution >= 0.6 is 0 Å². The van der Waals surface area contributed by atoms with Crippen LogP contribution in [0.1, 0.15) is 85.5 Å². The van der Waals surface area contributed by atoms with Gasteiger partial charge in [-0.25, -0.2) is 0 Å². The lowest BCUT2D eigenvalue weighted by Gasteiger charge is -2.58. The second kappa shape index (κ2) is 6.22. The van der Waals surface area contributed by atoms with Gasteiger partial charge in [0.15, 0.2) is 8.32 Å². The molecule has 0 aromatic heterocycles. The van der Waals surface area contributed by atoms with Crippen molar-refractivity contribution < 1.29 is 4.43 Å². The Labute approximate surface area is 175 Å². The second-order valence-corrected chi connectivity index (χ2v) is 17.9. The Bertz CT molecular complexity index is 672. The smallest absolute Gasteiger partial charge is 0.192 e. The molecule has 5 aliphatic carbocycles. The van der Waals surface area contributed by atoms with E-state index in [0.29, 0.717) is 15.9 Å². The van der Waals surface area contributed by atoms with Gasteiger partial charge in [0.05, 0.1) is 0 Å². The molecule has 5 aliphatic rings. The Morgan fingerprint density at radius 2 is 1.86 bits per heavy atom. The highest BCUT2D eigenvalue weighted by Crippen LogP contribution is 2.71. The fourth-order valence-corrected chi connectivity index (χ4v) is 9.30. The van der Waals surface area contributed by atoms with Gasteiger partial charge in [0.2, 0.25) is 0 Å². The van der Waals surface area contributed by atoms with Crippen LogP contribution in [0.4, 0.5) is 0 Å². The van der Waals surface area contributed by atoms with Gasteiger partial charge in [-0.05, 0) is 110 Å². The Kier molecular flexibility index (Phi) is 4.41. The van der Waals surface area contributed by atoms with E-state index < -0.39 is 8.32 Å². The Balaban J connectivity index is 1.38. The lowest BCUT2D eigenvalue weighted by Crippen LogP contribution is -2.53. The molecule has 2 heteroatoms. The fourth-order valence-electron chi connectivity index (χ4n) is 8.22. The normalized spacial score (nSPS) is 47.5. The molecule has 0 amide bonds. The third-order valence-electron chi connectivity index (χ3n) is 11.1. The molecule has 158 valence electrons. The van der Waals surface area contributed by atoms with E-state index in [-0.39, 0.29) is 0 Å². The number of fused-ring (bicyclic) bond motifs is 7. The zero-order valence-electron chi connectivity index (χ0n) is 19.4. The first kappa shape index (κ1) is 19.9. The molecule has 0 bridgehead atoms. The van der Waals surface area contributed by atoms with Crippen LogP contribution in [0.5, 0.6) is 0 Å². The van der Waals surface area contributed by atoms with E-state index in [2.05, 4.69) is 46.9 Å². The lowest BCUT2D eigenvalue weighted by atomic mass is 9.47. The number of hydrogen-bond donors (Lipinski definition) is 0. The van der Waals surface area contributed by atoms with Crippen molar-refractivity contribution in [1.29, 1.82) is 0 Å². The summed E-state index contributed by atoms with van der Waals surface area (Å²) in [5.41, 5.74) is 2.97. The summed E-state index contributed by atoms with van der Waals surface area (Å²) in [5, 5.41) is 0.329. The minimum atomic E-state index is -1.65. The lowest BCUT2D eigenvalue weighted by molar-refractivity contribution is -0.0680. The minimum absolute atomic E-state index is 0.329. The van der Waals surface area contributed by atoms with Crippen LogP contribution in [0.25, 0.3) is 0 Å². The average Bonchev–Trinajstić information content (AvgIpc) is 3.30. The predicted molar refractivity (Wildman–Crippen MR) is 121 cm³/mol. The Morgan fingerprint density at radius 3 is 2.61 bits per heavy atom. The van der Waals surface area contributed by atoms with E-state index in [1.54, 1.807) is 0 Å². The van der Waals surface area contributed by atoms with Gasteiger partial charge in [0.1, 0.15) is 0 Å². The molecule has 4 fully saturated rings. The van der Waals surface area contributed by atoms with Gasteiger partial charge in [0.25, 0.3) is 0 Å². The zero-order chi connectivity index (χ0) is 19.9. The SMILES string of the molecule is CC(C)(C)[Si](C)(C)OC[C@@]12CCC[C@H]1[C@@H]1CCC3=CC[C@@H]4C[C@@H]4[C@]3(C)[C@H]1CC2. The molecule has 0 N–H and O–H groups in total. The fraction of sp³-hybridized carbons (Fsp3) is 0.923. The van der Waals surface area contributed by atoms with Crippen LogP contribution in [-0.4, -0.2) is 14.9 Å². The highest BCUT2D eigenvalue weighted by atomic mass is 28.4. The highest BCUT2D eigenvalue weighted by molar-refractivity contribution is 6.74. The third-order valence-corrected chi connectivity index (χ3v) is 15.5. The van der Waals surface area contributed by atoms with Crippen LogP contribution in [0.15, 0.2) is 11.6 Å². The van der Waals surface area contributed by atoms with Crippen molar-refractivity contribution in [2.45, 2.75) is 104 Å². The van der Waals surface area contributed by atoms with E-state index in [4.69, 9.17) is 4.43 Å². The highest BCUT2D eigenvalue weighted by Gasteiger charge is 2.63. The van der Waals surface area contributed by atoms with Crippen LogP contribution < -0.4 is 0 Å². The molecule has 28 heavy (non-hydrogen) atoms. The maximum atomic E-state index is 6.91. The predicted octanol–water partition coefficient (Wildman–Crippen LogP) is 7.59. The van der Waals surface area contributed by atoms with E-state index in [0.717, 1.165) is 36.2 Å². The first-order valence-electron chi connectivity index (χ1n) is 12.4. The molecule has 0 radical (unpaired) electrons. The largest absolute Gasteiger partial charge is 0.416 e. The van der Waals surface area contributed by atoms with Gasteiger partial charge in [-0.2, -0.15) is 0 Å². The monoisotopic (exact) mass is 400 g/mol. The van der Waals surface area contributed by atoms with Gasteiger partial charge in [-0.1, -0.05) is 45.8 Å². The van der Waals surface area contributed by atoms with E-state index in [9.17, 15) is 0 Å². The van der Waals surface area contributed by atoms with Crippen molar-refractivity contribution in [3.8, 4) is 0 Å². The van der Waals surface area contributed by atoms with Gasteiger partial charge in [-0.3, -0.25) is 0 Å². The van der Waals surface area contributed by atoms with Crippen molar-refractivity contribution in [2.24, 2.45) is 40.4 Å². The summed E-state index contributed by atoms with van der Waals surface area (Å²) in [6.07, 6.45) is 15.9. The van der Waals surface area contributed by atoms with Crippen LogP contribution in [0.3, 0.4) is 0 Å². The first-order valence-corrected chi connectivity index (χ1v) is 15.3. The summed E-state index contributed by atoms with van der Waals surface area (Å²) < 4.78 is 6.91. The molecule has 0 aliphatic heterocycles. The summed E-state index contributed by atoms with van der Waals surface area (Å²) in [6, 6.07) is 0. The molecule has 0 unspecified atom stereocenters. The maximum absolute atomic E-state index is 6.91. The van der Waals surface area contributed by atoms with Gasteiger partial charge in [0, 0.05) is 6.61 Å². The van der Waals surface area contributed by atoms with E-state index >= 15 is 0 Å². The zero-order valence-corrected chi connectivity index (χ0v) is 20.4. The van der Waals surface area contributed by atoms with Gasteiger partial charge in [-0.15, -0.1) is 0 Å². The number of hydrogen-bond acceptors (Lipinski definition) is 1. The summed E-state index contributed by atoms with van der Waals surface area (Å²) in [6.45, 7) is 15.9.